The normalized spacial score (nSPS) is 23.4. The highest BCUT2D eigenvalue weighted by atomic mass is 19.4. The highest BCUT2D eigenvalue weighted by molar-refractivity contribution is 6.17. The minimum absolute atomic E-state index is 0.0337. The summed E-state index contributed by atoms with van der Waals surface area (Å²) in [6.07, 6.45) is -3.69. The first-order valence-corrected chi connectivity index (χ1v) is 8.90. The third kappa shape index (κ3) is 3.40. The summed E-state index contributed by atoms with van der Waals surface area (Å²) in [4.78, 5) is 26.7. The molecule has 0 saturated carbocycles. The summed E-state index contributed by atoms with van der Waals surface area (Å²) in [7, 11) is 0. The molecule has 1 N–H and O–H groups in total. The van der Waals surface area contributed by atoms with E-state index in [1.807, 2.05) is 0 Å². The van der Waals surface area contributed by atoms with Gasteiger partial charge in [0.1, 0.15) is 5.57 Å². The number of hydrogen-bond donors (Lipinski definition) is 1. The summed E-state index contributed by atoms with van der Waals surface area (Å²) >= 11 is 0. The summed E-state index contributed by atoms with van der Waals surface area (Å²) in [6.45, 7) is 2.63. The largest absolute Gasteiger partial charge is 0.462 e. The number of amides is 1. The molecule has 27 heavy (non-hydrogen) atoms. The fraction of sp³-hybridized carbons (Fsp3) is 0.474. The topological polar surface area (TPSA) is 58.6 Å². The zero-order valence-electron chi connectivity index (χ0n) is 14.9. The Hall–Kier alpha value is -2.51. The predicted octanol–water partition coefficient (Wildman–Crippen LogP) is 2.88. The standard InChI is InChI=1S/C19H21F3N2O3/c1-2-27-17(26)15-14(24-10-6-7-11-24)12-18(19(20,21)22,23-16(15)25)13-8-4-3-5-9-13/h3-5,8-9H,2,6-7,10-12H2,1H3,(H,23,25). The van der Waals surface area contributed by atoms with Crippen molar-refractivity contribution in [2.75, 3.05) is 19.7 Å². The maximum absolute atomic E-state index is 14.2. The number of carbonyl (C=O) groups excluding carboxylic acids is 2. The quantitative estimate of drug-likeness (QED) is 0.643. The van der Waals surface area contributed by atoms with E-state index in [0.29, 0.717) is 13.1 Å². The van der Waals surface area contributed by atoms with Crippen LogP contribution >= 0.6 is 0 Å². The Morgan fingerprint density at radius 1 is 1.22 bits per heavy atom. The second kappa shape index (κ2) is 7.25. The van der Waals surface area contributed by atoms with E-state index in [0.717, 1.165) is 12.8 Å². The van der Waals surface area contributed by atoms with Gasteiger partial charge in [0.2, 0.25) is 0 Å². The lowest BCUT2D eigenvalue weighted by Gasteiger charge is -2.43. The maximum Gasteiger partial charge on any atom is 0.416 e. The fourth-order valence-corrected chi connectivity index (χ4v) is 3.67. The number of carbonyl (C=O) groups is 2. The van der Waals surface area contributed by atoms with Gasteiger partial charge >= 0.3 is 12.1 Å². The fourth-order valence-electron chi connectivity index (χ4n) is 3.67. The highest BCUT2D eigenvalue weighted by Crippen LogP contribution is 2.47. The van der Waals surface area contributed by atoms with Crippen molar-refractivity contribution in [1.82, 2.24) is 10.2 Å². The van der Waals surface area contributed by atoms with Gasteiger partial charge in [0.15, 0.2) is 5.54 Å². The average Bonchev–Trinajstić information content (AvgIpc) is 3.15. The van der Waals surface area contributed by atoms with Gasteiger partial charge in [0, 0.05) is 25.2 Å². The van der Waals surface area contributed by atoms with E-state index in [1.165, 1.54) is 24.3 Å². The molecule has 2 aliphatic rings. The molecular weight excluding hydrogens is 361 g/mol. The number of nitrogens with zero attached hydrogens (tertiary/aromatic N) is 1. The Morgan fingerprint density at radius 3 is 2.41 bits per heavy atom. The van der Waals surface area contributed by atoms with Gasteiger partial charge in [-0.15, -0.1) is 0 Å². The summed E-state index contributed by atoms with van der Waals surface area (Å²) in [5.74, 6) is -1.94. The molecule has 2 aliphatic heterocycles. The molecule has 146 valence electrons. The van der Waals surface area contributed by atoms with Crippen LogP contribution in [0.3, 0.4) is 0 Å². The predicted molar refractivity (Wildman–Crippen MR) is 91.4 cm³/mol. The molecule has 1 aromatic carbocycles. The van der Waals surface area contributed by atoms with Gasteiger partial charge in [0.05, 0.1) is 6.61 Å². The van der Waals surface area contributed by atoms with Crippen LogP contribution in [0.5, 0.6) is 0 Å². The molecule has 1 aromatic rings. The Balaban J connectivity index is 2.15. The van der Waals surface area contributed by atoms with Gasteiger partial charge in [-0.2, -0.15) is 13.2 Å². The smallest absolute Gasteiger partial charge is 0.416 e. The third-order valence-corrected chi connectivity index (χ3v) is 4.99. The number of rotatable bonds is 4. The summed E-state index contributed by atoms with van der Waals surface area (Å²) in [5.41, 5.74) is -2.87. The van der Waals surface area contributed by atoms with E-state index in [4.69, 9.17) is 4.74 Å². The monoisotopic (exact) mass is 382 g/mol. The van der Waals surface area contributed by atoms with Crippen LogP contribution in [-0.4, -0.2) is 42.6 Å². The minimum Gasteiger partial charge on any atom is -0.462 e. The molecule has 1 amide bonds. The van der Waals surface area contributed by atoms with Gasteiger partial charge < -0.3 is 15.0 Å². The van der Waals surface area contributed by atoms with E-state index in [2.05, 4.69) is 5.32 Å². The summed E-state index contributed by atoms with van der Waals surface area (Å²) in [6, 6.07) is 7.28. The summed E-state index contributed by atoms with van der Waals surface area (Å²) < 4.78 is 47.6. The van der Waals surface area contributed by atoms with E-state index in [-0.39, 0.29) is 23.4 Å². The van der Waals surface area contributed by atoms with Crippen molar-refractivity contribution in [3.05, 3.63) is 47.2 Å². The number of alkyl halides is 3. The number of esters is 1. The first-order valence-electron chi connectivity index (χ1n) is 8.90. The molecule has 1 fully saturated rings. The summed E-state index contributed by atoms with van der Waals surface area (Å²) in [5, 5.41) is 2.08. The van der Waals surface area contributed by atoms with Gasteiger partial charge in [-0.25, -0.2) is 4.79 Å². The number of likely N-dealkylation sites (tertiary alicyclic amines) is 1. The molecule has 5 nitrogen and oxygen atoms in total. The Labute approximate surface area is 155 Å². The van der Waals surface area contributed by atoms with E-state index >= 15 is 0 Å². The van der Waals surface area contributed by atoms with Crippen molar-refractivity contribution in [3.63, 3.8) is 0 Å². The number of benzene rings is 1. The van der Waals surface area contributed by atoms with Crippen LogP contribution in [-0.2, 0) is 19.9 Å². The lowest BCUT2D eigenvalue weighted by molar-refractivity contribution is -0.205. The number of nitrogens with one attached hydrogen (secondary N) is 1. The Kier molecular flexibility index (Phi) is 5.17. The van der Waals surface area contributed by atoms with E-state index < -0.39 is 30.0 Å². The Bertz CT molecular complexity index is 755. The number of hydrogen-bond acceptors (Lipinski definition) is 4. The maximum atomic E-state index is 14.2. The molecule has 0 aromatic heterocycles. The van der Waals surface area contributed by atoms with Gasteiger partial charge in [-0.1, -0.05) is 30.3 Å². The van der Waals surface area contributed by atoms with Crippen molar-refractivity contribution in [3.8, 4) is 0 Å². The van der Waals surface area contributed by atoms with Crippen molar-refractivity contribution >= 4 is 11.9 Å². The molecule has 1 unspecified atom stereocenters. The van der Waals surface area contributed by atoms with E-state index in [9.17, 15) is 22.8 Å². The first-order chi connectivity index (χ1) is 12.8. The zero-order valence-corrected chi connectivity index (χ0v) is 14.9. The highest BCUT2D eigenvalue weighted by Gasteiger charge is 2.60. The van der Waals surface area contributed by atoms with Crippen molar-refractivity contribution in [2.24, 2.45) is 0 Å². The number of ether oxygens (including phenoxy) is 1. The van der Waals surface area contributed by atoms with Crippen molar-refractivity contribution in [2.45, 2.75) is 37.9 Å². The van der Waals surface area contributed by atoms with Crippen LogP contribution in [0.25, 0.3) is 0 Å². The molecule has 3 rings (SSSR count). The molecule has 1 saturated heterocycles. The SMILES string of the molecule is CCOC(=O)C1=C(N2CCCC2)CC(c2ccccc2)(C(F)(F)F)NC1=O. The van der Waals surface area contributed by atoms with Crippen LogP contribution in [0.1, 0.15) is 31.7 Å². The average molecular weight is 382 g/mol. The zero-order chi connectivity index (χ0) is 19.7. The molecule has 0 spiro atoms. The van der Waals surface area contributed by atoms with Crippen LogP contribution in [0.15, 0.2) is 41.6 Å². The minimum atomic E-state index is -4.74. The van der Waals surface area contributed by atoms with Crippen LogP contribution in [0.2, 0.25) is 0 Å². The molecule has 0 radical (unpaired) electrons. The third-order valence-electron chi connectivity index (χ3n) is 4.99. The first kappa shape index (κ1) is 19.3. The molecule has 0 aliphatic carbocycles. The Morgan fingerprint density at radius 2 is 1.85 bits per heavy atom. The molecule has 8 heteroatoms. The second-order valence-electron chi connectivity index (χ2n) is 6.64. The van der Waals surface area contributed by atoms with Gasteiger partial charge in [-0.3, -0.25) is 4.79 Å². The number of halogens is 3. The molecule has 0 bridgehead atoms. The molecular formula is C19H21F3N2O3. The van der Waals surface area contributed by atoms with Crippen molar-refractivity contribution < 1.29 is 27.5 Å². The van der Waals surface area contributed by atoms with Crippen LogP contribution < -0.4 is 5.32 Å². The lowest BCUT2D eigenvalue weighted by atomic mass is 9.80. The molecule has 1 atom stereocenters. The second-order valence-corrected chi connectivity index (χ2v) is 6.64. The van der Waals surface area contributed by atoms with Crippen molar-refractivity contribution in [1.29, 1.82) is 0 Å². The van der Waals surface area contributed by atoms with Gasteiger partial charge in [0.25, 0.3) is 5.91 Å². The van der Waals surface area contributed by atoms with Crippen LogP contribution in [0.4, 0.5) is 13.2 Å². The van der Waals surface area contributed by atoms with E-state index in [1.54, 1.807) is 17.9 Å². The molecule has 2 heterocycles. The van der Waals surface area contributed by atoms with Crippen LogP contribution in [0, 0.1) is 0 Å². The lowest BCUT2D eigenvalue weighted by Crippen LogP contribution is -2.60. The van der Waals surface area contributed by atoms with Gasteiger partial charge in [-0.05, 0) is 25.3 Å².